The van der Waals surface area contributed by atoms with Gasteiger partial charge >= 0.3 is 0 Å². The van der Waals surface area contributed by atoms with E-state index in [1.165, 1.54) is 7.11 Å². The highest BCUT2D eigenvalue weighted by Crippen LogP contribution is 2.26. The highest BCUT2D eigenvalue weighted by atomic mass is 16.5. The molecule has 6 heteroatoms. The average molecular weight is 370 g/mol. The third-order valence-corrected chi connectivity index (χ3v) is 4.60. The maximum absolute atomic E-state index is 12.8. The number of ether oxygens (including phenoxy) is 2. The smallest absolute Gasteiger partial charge is 0.255 e. The van der Waals surface area contributed by atoms with Crippen LogP contribution < -0.4 is 25.9 Å². The van der Waals surface area contributed by atoms with Crippen LogP contribution in [0.4, 0.5) is 0 Å². The van der Waals surface area contributed by atoms with Crippen LogP contribution in [0, 0.1) is 0 Å². The standard InChI is InChI=1S/C21H27N3O3/c1-13(23)19(12-22)16-8-9-18(20(11-16)27-4)21(25)24-14(2)15-6-5-7-17(10-15)26-3/h5-11,14,19,23H,12,22H2,1-4H3,(H,24,25)/p+1/t14-,19?/m1/s1. The number of hydrogen-bond acceptors (Lipinski definition) is 4. The van der Waals surface area contributed by atoms with Crippen molar-refractivity contribution in [1.82, 2.24) is 5.32 Å². The van der Waals surface area contributed by atoms with Gasteiger partial charge in [0.15, 0.2) is 5.71 Å². The molecule has 1 unspecified atom stereocenters. The molecule has 0 aliphatic carbocycles. The minimum Gasteiger partial charge on any atom is -0.497 e. The predicted molar refractivity (Wildman–Crippen MR) is 106 cm³/mol. The number of carbonyl (C=O) groups is 1. The van der Waals surface area contributed by atoms with Crippen molar-refractivity contribution < 1.29 is 19.7 Å². The molecule has 0 saturated heterocycles. The first-order chi connectivity index (χ1) is 12.9. The number of benzene rings is 2. The minimum atomic E-state index is -0.216. The van der Waals surface area contributed by atoms with Crippen LogP contribution in [0.1, 0.15) is 47.3 Å². The highest BCUT2D eigenvalue weighted by molar-refractivity contribution is 5.97. The second kappa shape index (κ2) is 9.19. The number of carbonyl (C=O) groups excluding carboxylic acids is 1. The lowest BCUT2D eigenvalue weighted by molar-refractivity contribution is -0.118. The molecule has 1 amide bonds. The van der Waals surface area contributed by atoms with Crippen LogP contribution in [0.3, 0.4) is 0 Å². The van der Waals surface area contributed by atoms with Crippen molar-refractivity contribution >= 4 is 11.6 Å². The van der Waals surface area contributed by atoms with Crippen molar-refractivity contribution in [2.24, 2.45) is 5.73 Å². The fourth-order valence-electron chi connectivity index (χ4n) is 2.97. The number of nitrogens with two attached hydrogens (primary N) is 2. The van der Waals surface area contributed by atoms with E-state index in [1.807, 2.05) is 50.2 Å². The molecule has 0 heterocycles. The van der Waals surface area contributed by atoms with E-state index in [0.29, 0.717) is 17.9 Å². The molecule has 27 heavy (non-hydrogen) atoms. The van der Waals surface area contributed by atoms with E-state index in [-0.39, 0.29) is 17.9 Å². The summed E-state index contributed by atoms with van der Waals surface area (Å²) in [6.45, 7) is 4.15. The van der Waals surface area contributed by atoms with Crippen molar-refractivity contribution in [2.45, 2.75) is 25.8 Å². The average Bonchev–Trinajstić information content (AvgIpc) is 2.67. The van der Waals surface area contributed by atoms with Gasteiger partial charge in [0.2, 0.25) is 0 Å². The Hall–Kier alpha value is -2.86. The Kier molecular flexibility index (Phi) is 6.96. The summed E-state index contributed by atoms with van der Waals surface area (Å²) in [4.78, 5) is 12.8. The van der Waals surface area contributed by atoms with E-state index < -0.39 is 0 Å². The molecule has 0 spiro atoms. The molecule has 5 N–H and O–H groups in total. The van der Waals surface area contributed by atoms with E-state index in [2.05, 4.69) is 5.32 Å². The molecule has 2 atom stereocenters. The second-order valence-corrected chi connectivity index (χ2v) is 6.46. The highest BCUT2D eigenvalue weighted by Gasteiger charge is 2.21. The van der Waals surface area contributed by atoms with E-state index in [9.17, 15) is 4.79 Å². The maximum Gasteiger partial charge on any atom is 0.255 e. The van der Waals surface area contributed by atoms with Gasteiger partial charge < -0.3 is 20.5 Å². The van der Waals surface area contributed by atoms with Crippen LogP contribution in [0.2, 0.25) is 0 Å². The van der Waals surface area contributed by atoms with Gasteiger partial charge in [-0.25, -0.2) is 0 Å². The number of hydrogen-bond donors (Lipinski definition) is 3. The zero-order valence-corrected chi connectivity index (χ0v) is 16.3. The van der Waals surface area contributed by atoms with Crippen LogP contribution in [0.25, 0.3) is 0 Å². The zero-order chi connectivity index (χ0) is 20.0. The van der Waals surface area contributed by atoms with Gasteiger partial charge in [-0.05, 0) is 42.3 Å². The van der Waals surface area contributed by atoms with E-state index in [0.717, 1.165) is 22.6 Å². The number of rotatable bonds is 8. The lowest BCUT2D eigenvalue weighted by atomic mass is 9.93. The summed E-state index contributed by atoms with van der Waals surface area (Å²) in [7, 11) is 3.15. The summed E-state index contributed by atoms with van der Waals surface area (Å²) in [6.07, 6.45) is 0. The molecule has 2 aromatic rings. The normalized spacial score (nSPS) is 12.8. The van der Waals surface area contributed by atoms with Crippen molar-refractivity contribution in [1.29, 1.82) is 0 Å². The SMILES string of the molecule is COc1cccc([C@@H](C)NC(=O)c2ccc(C(CN)C(C)=[NH2+])cc2OC)c1. The van der Waals surface area contributed by atoms with Crippen LogP contribution in [0.15, 0.2) is 42.5 Å². The number of amides is 1. The minimum absolute atomic E-state index is 0.0771. The van der Waals surface area contributed by atoms with E-state index in [4.69, 9.17) is 20.6 Å². The van der Waals surface area contributed by atoms with Crippen molar-refractivity contribution in [3.8, 4) is 11.5 Å². The molecule has 0 aliphatic rings. The Morgan fingerprint density at radius 2 is 1.89 bits per heavy atom. The van der Waals surface area contributed by atoms with Crippen molar-refractivity contribution in [2.75, 3.05) is 20.8 Å². The largest absolute Gasteiger partial charge is 0.497 e. The second-order valence-electron chi connectivity index (χ2n) is 6.46. The topological polar surface area (TPSA) is 99.2 Å². The monoisotopic (exact) mass is 370 g/mol. The molecule has 0 radical (unpaired) electrons. The van der Waals surface area contributed by atoms with Crippen molar-refractivity contribution in [3.63, 3.8) is 0 Å². The number of nitrogens with one attached hydrogen (secondary N) is 1. The van der Waals surface area contributed by atoms with Crippen LogP contribution in [0.5, 0.6) is 11.5 Å². The third kappa shape index (κ3) is 4.86. The number of methoxy groups -OCH3 is 2. The van der Waals surface area contributed by atoms with Crippen LogP contribution in [-0.4, -0.2) is 32.4 Å². The first-order valence-corrected chi connectivity index (χ1v) is 8.83. The van der Waals surface area contributed by atoms with Crippen LogP contribution >= 0.6 is 0 Å². The van der Waals surface area contributed by atoms with E-state index in [1.54, 1.807) is 13.2 Å². The lowest BCUT2D eigenvalue weighted by Crippen LogP contribution is -2.43. The van der Waals surface area contributed by atoms with Gasteiger partial charge in [0.05, 0.1) is 31.7 Å². The molecular formula is C21H28N3O3+. The molecule has 6 nitrogen and oxygen atoms in total. The summed E-state index contributed by atoms with van der Waals surface area (Å²) in [6, 6.07) is 12.8. The Morgan fingerprint density at radius 3 is 2.48 bits per heavy atom. The fourth-order valence-corrected chi connectivity index (χ4v) is 2.97. The van der Waals surface area contributed by atoms with Gasteiger partial charge in [-0.15, -0.1) is 0 Å². The summed E-state index contributed by atoms with van der Waals surface area (Å²) in [5, 5.41) is 8.92. The molecule has 0 saturated carbocycles. The summed E-state index contributed by atoms with van der Waals surface area (Å²) in [5.74, 6) is 0.942. The summed E-state index contributed by atoms with van der Waals surface area (Å²) in [5.41, 5.74) is 8.88. The van der Waals surface area contributed by atoms with Gasteiger partial charge in [-0.1, -0.05) is 18.2 Å². The van der Waals surface area contributed by atoms with Gasteiger partial charge in [-0.2, -0.15) is 0 Å². The molecule has 2 rings (SSSR count). The van der Waals surface area contributed by atoms with Gasteiger partial charge in [-0.3, -0.25) is 10.2 Å². The van der Waals surface area contributed by atoms with E-state index >= 15 is 0 Å². The van der Waals surface area contributed by atoms with Gasteiger partial charge in [0.25, 0.3) is 5.91 Å². The first-order valence-electron chi connectivity index (χ1n) is 8.83. The van der Waals surface area contributed by atoms with Crippen LogP contribution in [-0.2, 0) is 0 Å². The van der Waals surface area contributed by atoms with Crippen molar-refractivity contribution in [3.05, 3.63) is 59.2 Å². The molecule has 0 aliphatic heterocycles. The molecule has 0 bridgehead atoms. The fraction of sp³-hybridized carbons (Fsp3) is 0.333. The zero-order valence-electron chi connectivity index (χ0n) is 16.3. The summed E-state index contributed by atoms with van der Waals surface area (Å²) < 4.78 is 10.7. The van der Waals surface area contributed by atoms with Gasteiger partial charge in [0, 0.05) is 13.5 Å². The maximum atomic E-state index is 12.8. The molecule has 0 aromatic heterocycles. The molecule has 2 aromatic carbocycles. The lowest BCUT2D eigenvalue weighted by Gasteiger charge is -2.18. The Balaban J connectivity index is 2.23. The Morgan fingerprint density at radius 1 is 1.15 bits per heavy atom. The quantitative estimate of drug-likeness (QED) is 0.613. The molecule has 144 valence electrons. The predicted octanol–water partition coefficient (Wildman–Crippen LogP) is 1.46. The Bertz CT molecular complexity index is 820. The molecule has 0 fully saturated rings. The Labute approximate surface area is 160 Å². The summed E-state index contributed by atoms with van der Waals surface area (Å²) >= 11 is 0. The first kappa shape index (κ1) is 20.5. The third-order valence-electron chi connectivity index (χ3n) is 4.60. The van der Waals surface area contributed by atoms with Gasteiger partial charge in [0.1, 0.15) is 11.5 Å². The molecular weight excluding hydrogens is 342 g/mol.